The van der Waals surface area contributed by atoms with Crippen LogP contribution in [-0.2, 0) is 23.6 Å². The Hall–Kier alpha value is -2.32. The molecular weight excluding hydrogens is 401 g/mol. The van der Waals surface area contributed by atoms with Crippen LogP contribution < -0.4 is 15.5 Å². The average molecular weight is 432 g/mol. The van der Waals surface area contributed by atoms with Crippen molar-refractivity contribution in [1.82, 2.24) is 15.6 Å². The van der Waals surface area contributed by atoms with Crippen LogP contribution in [0.1, 0.15) is 23.6 Å². The molecule has 2 heterocycles. The van der Waals surface area contributed by atoms with Crippen molar-refractivity contribution in [2.75, 3.05) is 37.9 Å². The molecule has 1 aliphatic heterocycles. The van der Waals surface area contributed by atoms with E-state index in [1.165, 1.54) is 6.07 Å². The van der Waals surface area contributed by atoms with Crippen LogP contribution in [0, 0.1) is 5.82 Å². The van der Waals surface area contributed by atoms with Gasteiger partial charge in [-0.2, -0.15) is 11.8 Å². The Labute approximate surface area is 182 Å². The van der Waals surface area contributed by atoms with E-state index in [1.54, 1.807) is 24.9 Å². The summed E-state index contributed by atoms with van der Waals surface area (Å²) >= 11 is 1.68. The van der Waals surface area contributed by atoms with Crippen molar-refractivity contribution in [2.45, 2.75) is 31.9 Å². The van der Waals surface area contributed by atoms with Crippen molar-refractivity contribution in [3.05, 3.63) is 59.0 Å². The highest BCUT2D eigenvalue weighted by molar-refractivity contribution is 7.97. The van der Waals surface area contributed by atoms with Gasteiger partial charge in [0.25, 0.3) is 0 Å². The maximum absolute atomic E-state index is 13.5. The van der Waals surface area contributed by atoms with Crippen molar-refractivity contribution < 1.29 is 9.13 Å². The molecule has 0 amide bonds. The Kier molecular flexibility index (Phi) is 8.33. The molecule has 2 aromatic rings. The summed E-state index contributed by atoms with van der Waals surface area (Å²) in [5, 5.41) is 6.62. The van der Waals surface area contributed by atoms with Gasteiger partial charge in [0.15, 0.2) is 5.96 Å². The van der Waals surface area contributed by atoms with Crippen LogP contribution in [0.2, 0.25) is 0 Å². The van der Waals surface area contributed by atoms with E-state index in [4.69, 9.17) is 4.74 Å². The molecule has 1 fully saturated rings. The molecule has 0 bridgehead atoms. The number of morpholine rings is 1. The Balaban J connectivity index is 1.52. The van der Waals surface area contributed by atoms with Gasteiger partial charge in [0.05, 0.1) is 12.7 Å². The Bertz CT molecular complexity index is 846. The summed E-state index contributed by atoms with van der Waals surface area (Å²) in [5.74, 6) is 2.25. The minimum Gasteiger partial charge on any atom is -0.375 e. The Morgan fingerprint density at radius 1 is 1.27 bits per heavy atom. The van der Waals surface area contributed by atoms with Gasteiger partial charge in [-0.05, 0) is 48.1 Å². The molecule has 1 aromatic heterocycles. The molecule has 1 aliphatic rings. The maximum Gasteiger partial charge on any atom is 0.191 e. The number of pyridine rings is 1. The fraction of sp³-hybridized carbons (Fsp3) is 0.455. The molecule has 0 radical (unpaired) electrons. The number of halogens is 1. The predicted molar refractivity (Wildman–Crippen MR) is 123 cm³/mol. The third-order valence-electron chi connectivity index (χ3n) is 4.97. The molecule has 6 nitrogen and oxygen atoms in total. The third-order valence-corrected chi connectivity index (χ3v) is 5.57. The first-order chi connectivity index (χ1) is 14.6. The average Bonchev–Trinajstić information content (AvgIpc) is 2.75. The second-order valence-electron chi connectivity index (χ2n) is 7.28. The van der Waals surface area contributed by atoms with Crippen molar-refractivity contribution in [3.63, 3.8) is 0 Å². The van der Waals surface area contributed by atoms with Gasteiger partial charge in [-0.1, -0.05) is 12.1 Å². The van der Waals surface area contributed by atoms with Crippen molar-refractivity contribution in [1.29, 1.82) is 0 Å². The molecule has 30 heavy (non-hydrogen) atoms. The lowest BCUT2D eigenvalue weighted by atomic mass is 10.1. The molecule has 2 N–H and O–H groups in total. The topological polar surface area (TPSA) is 61.8 Å². The van der Waals surface area contributed by atoms with Gasteiger partial charge >= 0.3 is 0 Å². The van der Waals surface area contributed by atoms with Crippen molar-refractivity contribution in [2.24, 2.45) is 4.99 Å². The van der Waals surface area contributed by atoms with Crippen LogP contribution in [0.4, 0.5) is 10.2 Å². The fourth-order valence-electron chi connectivity index (χ4n) is 3.38. The zero-order valence-electron chi connectivity index (χ0n) is 17.8. The number of benzene rings is 1. The van der Waals surface area contributed by atoms with E-state index in [2.05, 4.69) is 44.6 Å². The van der Waals surface area contributed by atoms with Gasteiger partial charge in [-0.25, -0.2) is 9.37 Å². The molecule has 0 saturated carbocycles. The highest BCUT2D eigenvalue weighted by atomic mass is 32.2. The molecule has 3 rings (SSSR count). The van der Waals surface area contributed by atoms with Gasteiger partial charge in [0.2, 0.25) is 0 Å². The smallest absolute Gasteiger partial charge is 0.191 e. The summed E-state index contributed by atoms with van der Waals surface area (Å²) < 4.78 is 19.1. The summed E-state index contributed by atoms with van der Waals surface area (Å²) in [4.78, 5) is 11.1. The third kappa shape index (κ3) is 6.34. The number of thioether (sulfide) groups is 1. The molecule has 1 aromatic carbocycles. The van der Waals surface area contributed by atoms with E-state index in [0.29, 0.717) is 19.0 Å². The first kappa shape index (κ1) is 22.4. The van der Waals surface area contributed by atoms with Crippen LogP contribution in [0.15, 0.2) is 41.5 Å². The molecule has 162 valence electrons. The van der Waals surface area contributed by atoms with E-state index in [1.807, 2.05) is 18.5 Å². The molecule has 1 atom stereocenters. The lowest BCUT2D eigenvalue weighted by Crippen LogP contribution is -2.41. The zero-order chi connectivity index (χ0) is 21.3. The van der Waals surface area contributed by atoms with Crippen LogP contribution in [0.25, 0.3) is 0 Å². The minimum atomic E-state index is -0.201. The second-order valence-corrected chi connectivity index (χ2v) is 8.14. The summed E-state index contributed by atoms with van der Waals surface area (Å²) in [6.45, 7) is 5.76. The monoisotopic (exact) mass is 431 g/mol. The number of aromatic nitrogens is 1. The van der Waals surface area contributed by atoms with E-state index < -0.39 is 0 Å². The minimum absolute atomic E-state index is 0.201. The van der Waals surface area contributed by atoms with Crippen molar-refractivity contribution in [3.8, 4) is 0 Å². The lowest BCUT2D eigenvalue weighted by molar-refractivity contribution is 0.0529. The normalized spacial score (nSPS) is 17.1. The van der Waals surface area contributed by atoms with E-state index >= 15 is 0 Å². The quantitative estimate of drug-likeness (QED) is 0.519. The van der Waals surface area contributed by atoms with Gasteiger partial charge in [0, 0.05) is 45.2 Å². The standard InChI is InChI=1S/C22H30FN5OS/c1-16-14-28(8-9-29-16)21-7-4-17(11-25-21)12-26-22(24-2)27-13-18-5-6-20(23)10-19(18)15-30-3/h4-7,10-11,16H,8-9,12-15H2,1-3H3,(H2,24,26,27). The van der Waals surface area contributed by atoms with E-state index in [-0.39, 0.29) is 11.9 Å². The molecule has 0 spiro atoms. The lowest BCUT2D eigenvalue weighted by Gasteiger charge is -2.32. The van der Waals surface area contributed by atoms with E-state index in [0.717, 1.165) is 48.0 Å². The SMILES string of the molecule is CN=C(NCc1ccc(N2CCOC(C)C2)nc1)NCc1ccc(F)cc1CSC. The van der Waals surface area contributed by atoms with Gasteiger partial charge in [-0.15, -0.1) is 0 Å². The predicted octanol–water partition coefficient (Wildman–Crippen LogP) is 3.17. The first-order valence-corrected chi connectivity index (χ1v) is 11.5. The summed E-state index contributed by atoms with van der Waals surface area (Å²) in [6, 6.07) is 9.07. The first-order valence-electron chi connectivity index (χ1n) is 10.1. The largest absolute Gasteiger partial charge is 0.375 e. The fourth-order valence-corrected chi connectivity index (χ4v) is 3.96. The van der Waals surface area contributed by atoms with Crippen LogP contribution >= 0.6 is 11.8 Å². The van der Waals surface area contributed by atoms with E-state index in [9.17, 15) is 4.39 Å². The Morgan fingerprint density at radius 2 is 2.10 bits per heavy atom. The number of aliphatic imine (C=N–C) groups is 1. The number of guanidine groups is 1. The number of nitrogens with one attached hydrogen (secondary N) is 2. The number of hydrogen-bond acceptors (Lipinski definition) is 5. The number of hydrogen-bond donors (Lipinski definition) is 2. The molecule has 1 unspecified atom stereocenters. The summed E-state index contributed by atoms with van der Waals surface area (Å²) in [6.07, 6.45) is 4.14. The molecule has 1 saturated heterocycles. The molecule has 8 heteroatoms. The van der Waals surface area contributed by atoms with Gasteiger partial charge < -0.3 is 20.3 Å². The summed E-state index contributed by atoms with van der Waals surface area (Å²) in [5.41, 5.74) is 3.15. The van der Waals surface area contributed by atoms with Crippen LogP contribution in [-0.4, -0.2) is 50.0 Å². The number of anilines is 1. The van der Waals surface area contributed by atoms with Gasteiger partial charge in [-0.3, -0.25) is 4.99 Å². The van der Waals surface area contributed by atoms with Crippen LogP contribution in [0.3, 0.4) is 0 Å². The Morgan fingerprint density at radius 3 is 2.80 bits per heavy atom. The highest BCUT2D eigenvalue weighted by Crippen LogP contribution is 2.17. The van der Waals surface area contributed by atoms with Crippen molar-refractivity contribution >= 4 is 23.5 Å². The number of nitrogens with zero attached hydrogens (tertiary/aromatic N) is 3. The number of ether oxygens (including phenoxy) is 1. The summed E-state index contributed by atoms with van der Waals surface area (Å²) in [7, 11) is 1.74. The maximum atomic E-state index is 13.5. The molecule has 0 aliphatic carbocycles. The van der Waals surface area contributed by atoms with Crippen LogP contribution in [0.5, 0.6) is 0 Å². The highest BCUT2D eigenvalue weighted by Gasteiger charge is 2.17. The zero-order valence-corrected chi connectivity index (χ0v) is 18.6. The number of rotatable bonds is 7. The van der Waals surface area contributed by atoms with Gasteiger partial charge in [0.1, 0.15) is 11.6 Å². The molecular formula is C22H30FN5OS. The second kappa shape index (κ2) is 11.2.